The summed E-state index contributed by atoms with van der Waals surface area (Å²) in [5.41, 5.74) is 4.21. The number of methoxy groups -OCH3 is 1. The van der Waals surface area contributed by atoms with E-state index < -0.39 is 0 Å². The molecule has 1 atom stereocenters. The molecule has 27 heavy (non-hydrogen) atoms. The molecule has 1 fully saturated rings. The van der Waals surface area contributed by atoms with Crippen LogP contribution in [0.3, 0.4) is 0 Å². The second-order valence-corrected chi connectivity index (χ2v) is 8.73. The molecule has 0 bridgehead atoms. The van der Waals surface area contributed by atoms with Crippen LogP contribution in [-0.2, 0) is 19.7 Å². The lowest BCUT2D eigenvalue weighted by Gasteiger charge is -2.24. The van der Waals surface area contributed by atoms with Gasteiger partial charge in [0.2, 0.25) is 0 Å². The summed E-state index contributed by atoms with van der Waals surface area (Å²) in [6.07, 6.45) is 8.39. The van der Waals surface area contributed by atoms with Crippen molar-refractivity contribution in [3.05, 3.63) is 29.3 Å². The third kappa shape index (κ3) is 5.95. The Morgan fingerprint density at radius 1 is 1.22 bits per heavy atom. The van der Waals surface area contributed by atoms with Crippen LogP contribution in [0.4, 0.5) is 0 Å². The standard InChI is InChI=1S/C20H28BO.C3H6O2/c1-14(19(22)11-15-7-5-4-6-8-15)16-9-10-18-17(12-16)20(2,3)13-21-18;1-3(4)5-2/h9-10,12,14-15H,4-8,11,13H2,1-3H3;1-2H3. The predicted molar refractivity (Wildman–Crippen MR) is 112 cm³/mol. The first-order valence-corrected chi connectivity index (χ1v) is 10.3. The molecule has 1 heterocycles. The Kier molecular flexibility index (Phi) is 7.70. The van der Waals surface area contributed by atoms with Crippen molar-refractivity contribution in [2.45, 2.75) is 83.9 Å². The molecule has 0 saturated heterocycles. The lowest BCUT2D eigenvalue weighted by Crippen LogP contribution is -2.19. The molecule has 3 nitrogen and oxygen atoms in total. The fourth-order valence-corrected chi connectivity index (χ4v) is 4.12. The zero-order chi connectivity index (χ0) is 20.0. The number of hydrogen-bond acceptors (Lipinski definition) is 3. The van der Waals surface area contributed by atoms with E-state index in [-0.39, 0.29) is 17.3 Å². The van der Waals surface area contributed by atoms with Crippen molar-refractivity contribution < 1.29 is 14.3 Å². The molecule has 1 aliphatic heterocycles. The van der Waals surface area contributed by atoms with Crippen molar-refractivity contribution in [1.29, 1.82) is 0 Å². The number of esters is 1. The van der Waals surface area contributed by atoms with Crippen LogP contribution < -0.4 is 5.46 Å². The fourth-order valence-electron chi connectivity index (χ4n) is 4.12. The van der Waals surface area contributed by atoms with E-state index >= 15 is 0 Å². The number of rotatable bonds is 4. The number of carbonyl (C=O) groups excluding carboxylic acids is 2. The van der Waals surface area contributed by atoms with E-state index in [4.69, 9.17) is 0 Å². The fraction of sp³-hybridized carbons (Fsp3) is 0.652. The van der Waals surface area contributed by atoms with Gasteiger partial charge in [-0.2, -0.15) is 0 Å². The maximum absolute atomic E-state index is 12.7. The molecule has 1 saturated carbocycles. The van der Waals surface area contributed by atoms with Crippen molar-refractivity contribution in [2.24, 2.45) is 5.92 Å². The van der Waals surface area contributed by atoms with Crippen molar-refractivity contribution >= 4 is 24.5 Å². The predicted octanol–water partition coefficient (Wildman–Crippen LogP) is 4.55. The summed E-state index contributed by atoms with van der Waals surface area (Å²) < 4.78 is 4.11. The average Bonchev–Trinajstić information content (AvgIpc) is 2.97. The van der Waals surface area contributed by atoms with Gasteiger partial charge in [-0.25, -0.2) is 0 Å². The van der Waals surface area contributed by atoms with Crippen LogP contribution in [0.1, 0.15) is 83.3 Å². The second kappa shape index (κ2) is 9.57. The molecule has 0 aromatic heterocycles. The van der Waals surface area contributed by atoms with Gasteiger partial charge in [0.05, 0.1) is 7.11 Å². The summed E-state index contributed by atoms with van der Waals surface area (Å²) in [4.78, 5) is 22.3. The number of Topliss-reactive ketones (excluding diaryl/α,β-unsaturated/α-hetero) is 1. The molecule has 1 aliphatic carbocycles. The van der Waals surface area contributed by atoms with E-state index in [1.807, 2.05) is 0 Å². The highest BCUT2D eigenvalue weighted by atomic mass is 16.5. The van der Waals surface area contributed by atoms with Gasteiger partial charge in [0.1, 0.15) is 5.78 Å². The third-order valence-electron chi connectivity index (χ3n) is 6.12. The smallest absolute Gasteiger partial charge is 0.302 e. The first kappa shape index (κ1) is 21.7. The van der Waals surface area contributed by atoms with E-state index in [9.17, 15) is 9.59 Å². The summed E-state index contributed by atoms with van der Waals surface area (Å²) in [7, 11) is 3.68. The maximum atomic E-state index is 12.7. The van der Waals surface area contributed by atoms with E-state index in [0.29, 0.717) is 11.7 Å². The quantitative estimate of drug-likeness (QED) is 0.578. The molecule has 147 valence electrons. The highest BCUT2D eigenvalue weighted by Gasteiger charge is 2.31. The van der Waals surface area contributed by atoms with Crippen LogP contribution in [0.25, 0.3) is 0 Å². The molecule has 3 rings (SSSR count). The number of fused-ring (bicyclic) bond motifs is 1. The minimum Gasteiger partial charge on any atom is -0.469 e. The summed E-state index contributed by atoms with van der Waals surface area (Å²) in [6.45, 7) is 8.06. The zero-order valence-electron chi connectivity index (χ0n) is 17.6. The van der Waals surface area contributed by atoms with Gasteiger partial charge in [0, 0.05) is 19.3 Å². The number of ketones is 1. The van der Waals surface area contributed by atoms with Gasteiger partial charge in [0.25, 0.3) is 0 Å². The average molecular weight is 369 g/mol. The van der Waals surface area contributed by atoms with Crippen molar-refractivity contribution in [3.8, 4) is 0 Å². The van der Waals surface area contributed by atoms with Gasteiger partial charge in [0.15, 0.2) is 7.28 Å². The van der Waals surface area contributed by atoms with Gasteiger partial charge in [-0.05, 0) is 22.5 Å². The zero-order valence-corrected chi connectivity index (χ0v) is 17.6. The molecule has 0 amide bonds. The van der Waals surface area contributed by atoms with Crippen molar-refractivity contribution in [1.82, 2.24) is 0 Å². The molecule has 0 N–H and O–H groups in total. The maximum Gasteiger partial charge on any atom is 0.302 e. The molecule has 2 aliphatic rings. The van der Waals surface area contributed by atoms with E-state index in [0.717, 1.165) is 12.7 Å². The summed E-state index contributed by atoms with van der Waals surface area (Å²) in [5, 5.41) is 0. The molecule has 0 spiro atoms. The Hall–Kier alpha value is -1.58. The van der Waals surface area contributed by atoms with E-state index in [1.54, 1.807) is 0 Å². The Balaban J connectivity index is 0.000000465. The largest absolute Gasteiger partial charge is 0.469 e. The highest BCUT2D eigenvalue weighted by molar-refractivity contribution is 6.56. The van der Waals surface area contributed by atoms with Crippen LogP contribution >= 0.6 is 0 Å². The van der Waals surface area contributed by atoms with Crippen LogP contribution in [0.5, 0.6) is 0 Å². The Bertz CT molecular complexity index is 660. The topological polar surface area (TPSA) is 43.4 Å². The number of ether oxygens (including phenoxy) is 1. The Morgan fingerprint density at radius 2 is 1.85 bits per heavy atom. The van der Waals surface area contributed by atoms with E-state index in [1.165, 1.54) is 62.7 Å². The molecule has 1 unspecified atom stereocenters. The number of hydrogen-bond donors (Lipinski definition) is 0. The summed E-state index contributed by atoms with van der Waals surface area (Å²) in [6, 6.07) is 6.67. The normalized spacial score (nSPS) is 19.1. The monoisotopic (exact) mass is 369 g/mol. The van der Waals surface area contributed by atoms with Gasteiger partial charge in [-0.1, -0.05) is 82.9 Å². The van der Waals surface area contributed by atoms with Crippen LogP contribution in [0, 0.1) is 5.92 Å². The lowest BCUT2D eigenvalue weighted by molar-refractivity contribution is -0.138. The number of benzene rings is 1. The number of carbonyl (C=O) groups is 2. The van der Waals surface area contributed by atoms with Crippen LogP contribution in [-0.4, -0.2) is 26.1 Å². The van der Waals surface area contributed by atoms with Gasteiger partial charge < -0.3 is 4.74 Å². The van der Waals surface area contributed by atoms with Gasteiger partial charge >= 0.3 is 5.97 Å². The first-order chi connectivity index (χ1) is 12.7. The Morgan fingerprint density at radius 3 is 2.44 bits per heavy atom. The second-order valence-electron chi connectivity index (χ2n) is 8.73. The summed E-state index contributed by atoms with van der Waals surface area (Å²) in [5.74, 6) is 0.878. The molecule has 1 aromatic carbocycles. The SMILES string of the molecule is CC(C(=O)CC1CCCCC1)c1ccc2c(c1)C(C)(C)C[B]2.COC(C)=O. The van der Waals surface area contributed by atoms with Gasteiger partial charge in [-0.15, -0.1) is 0 Å². The molecular weight excluding hydrogens is 335 g/mol. The lowest BCUT2D eigenvalue weighted by atomic mass is 9.69. The van der Waals surface area contributed by atoms with Crippen LogP contribution in [0.2, 0.25) is 6.32 Å². The Labute approximate surface area is 165 Å². The first-order valence-electron chi connectivity index (χ1n) is 10.3. The molecule has 4 heteroatoms. The molecular formula is C23H34BO3. The van der Waals surface area contributed by atoms with Crippen molar-refractivity contribution in [3.63, 3.8) is 0 Å². The van der Waals surface area contributed by atoms with Crippen molar-refractivity contribution in [2.75, 3.05) is 7.11 Å². The third-order valence-corrected chi connectivity index (χ3v) is 6.12. The highest BCUT2D eigenvalue weighted by Crippen LogP contribution is 2.34. The molecule has 1 radical (unpaired) electrons. The van der Waals surface area contributed by atoms with Gasteiger partial charge in [-0.3, -0.25) is 9.59 Å². The molecule has 1 aromatic rings. The minimum atomic E-state index is -0.245. The minimum absolute atomic E-state index is 0.0450. The van der Waals surface area contributed by atoms with E-state index in [2.05, 4.69) is 51.0 Å². The summed E-state index contributed by atoms with van der Waals surface area (Å²) >= 11 is 0. The van der Waals surface area contributed by atoms with Crippen LogP contribution in [0.15, 0.2) is 18.2 Å².